The summed E-state index contributed by atoms with van der Waals surface area (Å²) >= 11 is 2.33. The van der Waals surface area contributed by atoms with Crippen molar-refractivity contribution in [3.05, 3.63) is 16.0 Å². The van der Waals surface area contributed by atoms with Crippen LogP contribution in [-0.4, -0.2) is 24.2 Å². The lowest BCUT2D eigenvalue weighted by Crippen LogP contribution is -2.16. The van der Waals surface area contributed by atoms with Crippen molar-refractivity contribution in [2.75, 3.05) is 17.7 Å². The van der Waals surface area contributed by atoms with Gasteiger partial charge in [0.1, 0.15) is 10.4 Å². The van der Waals surface area contributed by atoms with E-state index in [-0.39, 0.29) is 17.6 Å². The third kappa shape index (κ3) is 3.77. The highest BCUT2D eigenvalue weighted by Crippen LogP contribution is 2.38. The molecule has 7 heteroatoms. The van der Waals surface area contributed by atoms with Crippen LogP contribution in [0.25, 0.3) is 0 Å². The second-order valence-electron chi connectivity index (χ2n) is 4.56. The molecule has 1 N–H and O–H groups in total. The molecule has 2 rings (SSSR count). The number of nitrogens with zero attached hydrogens (tertiary/aromatic N) is 1. The molecule has 1 aliphatic rings. The minimum absolute atomic E-state index is 0.0569. The summed E-state index contributed by atoms with van der Waals surface area (Å²) < 4.78 is 5.11. The van der Waals surface area contributed by atoms with Crippen molar-refractivity contribution in [3.63, 3.8) is 0 Å². The Kier molecular flexibility index (Phi) is 5.65. The lowest BCUT2D eigenvalue weighted by molar-refractivity contribution is -0.113. The van der Waals surface area contributed by atoms with E-state index in [2.05, 4.69) is 5.32 Å². The smallest absolute Gasteiger partial charge is 0.341 e. The Labute approximate surface area is 131 Å². The minimum atomic E-state index is -0.375. The number of anilines is 1. The fraction of sp³-hybridized carbons (Fsp3) is 0.500. The highest BCUT2D eigenvalue weighted by molar-refractivity contribution is 8.04. The number of carbonyl (C=O) groups is 2. The normalized spacial score (nSPS) is 13.1. The summed E-state index contributed by atoms with van der Waals surface area (Å²) in [5.74, 6) is -0.591. The number of esters is 1. The van der Waals surface area contributed by atoms with E-state index in [1.54, 1.807) is 6.92 Å². The van der Waals surface area contributed by atoms with E-state index in [1.165, 1.54) is 11.3 Å². The average molecular weight is 324 g/mol. The van der Waals surface area contributed by atoms with Gasteiger partial charge in [-0.05, 0) is 49.9 Å². The predicted octanol–water partition coefficient (Wildman–Crippen LogP) is 2.96. The zero-order chi connectivity index (χ0) is 15.2. The van der Waals surface area contributed by atoms with Crippen LogP contribution >= 0.6 is 23.1 Å². The van der Waals surface area contributed by atoms with Crippen LogP contribution in [0, 0.1) is 10.7 Å². The third-order valence-corrected chi connectivity index (χ3v) is 4.91. The van der Waals surface area contributed by atoms with Gasteiger partial charge < -0.3 is 10.1 Å². The van der Waals surface area contributed by atoms with Crippen LogP contribution in [0.3, 0.4) is 0 Å². The Morgan fingerprint density at radius 2 is 2.19 bits per heavy atom. The van der Waals surface area contributed by atoms with Crippen LogP contribution in [0.5, 0.6) is 0 Å². The number of nitrogens with one attached hydrogen (secondary N) is 1. The van der Waals surface area contributed by atoms with Crippen molar-refractivity contribution in [2.45, 2.75) is 32.6 Å². The predicted molar refractivity (Wildman–Crippen MR) is 83.6 cm³/mol. The SMILES string of the molecule is CCOC(=O)c1c(NC(=O)CSC#N)sc2c1CCCC2. The molecule has 0 aliphatic heterocycles. The summed E-state index contributed by atoms with van der Waals surface area (Å²) in [5, 5.41) is 13.7. The third-order valence-electron chi connectivity index (χ3n) is 3.17. The molecule has 1 amide bonds. The van der Waals surface area contributed by atoms with Crippen LogP contribution < -0.4 is 5.32 Å². The van der Waals surface area contributed by atoms with E-state index in [0.717, 1.165) is 47.9 Å². The van der Waals surface area contributed by atoms with Crippen molar-refractivity contribution >= 4 is 40.0 Å². The molecule has 0 spiro atoms. The Morgan fingerprint density at radius 3 is 2.90 bits per heavy atom. The second-order valence-corrected chi connectivity index (χ2v) is 6.43. The van der Waals surface area contributed by atoms with E-state index >= 15 is 0 Å². The number of rotatable bonds is 5. The van der Waals surface area contributed by atoms with Crippen LogP contribution in [0.2, 0.25) is 0 Å². The van der Waals surface area contributed by atoms with E-state index in [1.807, 2.05) is 5.40 Å². The van der Waals surface area contributed by atoms with Gasteiger partial charge in [-0.2, -0.15) is 5.26 Å². The molecule has 112 valence electrons. The Bertz CT molecular complexity index is 590. The number of thiocyanates is 1. The molecule has 1 aromatic heterocycles. The summed E-state index contributed by atoms with van der Waals surface area (Å²) in [6.07, 6.45) is 3.94. The molecule has 1 heterocycles. The summed E-state index contributed by atoms with van der Waals surface area (Å²) in [6.45, 7) is 2.07. The molecule has 0 atom stereocenters. The van der Waals surface area contributed by atoms with Crippen molar-refractivity contribution < 1.29 is 14.3 Å². The molecule has 0 aromatic carbocycles. The number of ether oxygens (including phenoxy) is 1. The fourth-order valence-corrected chi connectivity index (χ4v) is 3.90. The zero-order valence-corrected chi connectivity index (χ0v) is 13.4. The minimum Gasteiger partial charge on any atom is -0.462 e. The zero-order valence-electron chi connectivity index (χ0n) is 11.7. The number of hydrogen-bond acceptors (Lipinski definition) is 6. The van der Waals surface area contributed by atoms with E-state index in [4.69, 9.17) is 10.00 Å². The van der Waals surface area contributed by atoms with Gasteiger partial charge in [0, 0.05) is 4.88 Å². The number of fused-ring (bicyclic) bond motifs is 1. The van der Waals surface area contributed by atoms with Gasteiger partial charge in [-0.25, -0.2) is 4.79 Å². The number of amides is 1. The number of thioether (sulfide) groups is 1. The quantitative estimate of drug-likeness (QED) is 0.665. The number of carbonyl (C=O) groups excluding carboxylic acids is 2. The highest BCUT2D eigenvalue weighted by Gasteiger charge is 2.27. The standard InChI is InChI=1S/C14H16N2O3S2/c1-2-19-14(18)12-9-5-3-4-6-10(9)21-13(12)16-11(17)7-20-8-15/h2-7H2,1H3,(H,16,17). The van der Waals surface area contributed by atoms with Crippen LogP contribution in [-0.2, 0) is 22.4 Å². The molecule has 0 fully saturated rings. The van der Waals surface area contributed by atoms with Crippen LogP contribution in [0.15, 0.2) is 0 Å². The van der Waals surface area contributed by atoms with Gasteiger partial charge in [0.2, 0.25) is 5.91 Å². The van der Waals surface area contributed by atoms with Crippen molar-refractivity contribution in [2.24, 2.45) is 0 Å². The topological polar surface area (TPSA) is 79.2 Å². The van der Waals surface area contributed by atoms with Crippen molar-refractivity contribution in [3.8, 4) is 5.40 Å². The maximum Gasteiger partial charge on any atom is 0.341 e. The molecule has 21 heavy (non-hydrogen) atoms. The Morgan fingerprint density at radius 1 is 1.43 bits per heavy atom. The van der Waals surface area contributed by atoms with Gasteiger partial charge >= 0.3 is 5.97 Å². The first-order valence-corrected chi connectivity index (χ1v) is 8.60. The molecular formula is C14H16N2O3S2. The summed E-state index contributed by atoms with van der Waals surface area (Å²) in [6, 6.07) is 0. The number of hydrogen-bond donors (Lipinski definition) is 1. The first-order valence-electron chi connectivity index (χ1n) is 6.79. The first kappa shape index (κ1) is 15.9. The number of nitriles is 1. The van der Waals surface area contributed by atoms with Crippen LogP contribution in [0.4, 0.5) is 5.00 Å². The van der Waals surface area contributed by atoms with Gasteiger partial charge in [0.25, 0.3) is 0 Å². The molecule has 1 aliphatic carbocycles. The average Bonchev–Trinajstić information content (AvgIpc) is 2.83. The lowest BCUT2D eigenvalue weighted by atomic mass is 9.95. The van der Waals surface area contributed by atoms with Gasteiger partial charge in [-0.3, -0.25) is 4.79 Å². The molecule has 0 saturated carbocycles. The molecule has 0 unspecified atom stereocenters. The number of aryl methyl sites for hydroxylation is 1. The molecule has 1 aromatic rings. The molecule has 5 nitrogen and oxygen atoms in total. The van der Waals surface area contributed by atoms with Gasteiger partial charge in [-0.1, -0.05) is 0 Å². The summed E-state index contributed by atoms with van der Waals surface area (Å²) in [7, 11) is 0. The Balaban J connectivity index is 2.27. The van der Waals surface area contributed by atoms with E-state index in [9.17, 15) is 9.59 Å². The maximum absolute atomic E-state index is 12.2. The molecular weight excluding hydrogens is 308 g/mol. The maximum atomic E-state index is 12.2. The van der Waals surface area contributed by atoms with E-state index in [0.29, 0.717) is 17.2 Å². The second kappa shape index (κ2) is 7.48. The molecule has 0 radical (unpaired) electrons. The fourth-order valence-electron chi connectivity index (χ4n) is 2.33. The van der Waals surface area contributed by atoms with Gasteiger partial charge in [-0.15, -0.1) is 11.3 Å². The molecule has 0 bridgehead atoms. The van der Waals surface area contributed by atoms with Gasteiger partial charge in [0.15, 0.2) is 0 Å². The van der Waals surface area contributed by atoms with Crippen LogP contribution in [0.1, 0.15) is 40.6 Å². The lowest BCUT2D eigenvalue weighted by Gasteiger charge is -2.12. The highest BCUT2D eigenvalue weighted by atomic mass is 32.2. The van der Waals surface area contributed by atoms with Gasteiger partial charge in [0.05, 0.1) is 17.9 Å². The largest absolute Gasteiger partial charge is 0.462 e. The van der Waals surface area contributed by atoms with Crippen molar-refractivity contribution in [1.82, 2.24) is 0 Å². The summed E-state index contributed by atoms with van der Waals surface area (Å²) in [5.41, 5.74) is 1.53. The number of thiophene rings is 1. The monoisotopic (exact) mass is 324 g/mol. The molecule has 0 saturated heterocycles. The Hall–Kier alpha value is -1.52. The first-order chi connectivity index (χ1) is 10.2. The van der Waals surface area contributed by atoms with E-state index < -0.39 is 0 Å². The summed E-state index contributed by atoms with van der Waals surface area (Å²) in [4.78, 5) is 25.1. The van der Waals surface area contributed by atoms with Crippen molar-refractivity contribution in [1.29, 1.82) is 5.26 Å².